The van der Waals surface area contributed by atoms with Gasteiger partial charge in [-0.05, 0) is 126 Å². The third-order valence-electron chi connectivity index (χ3n) is 16.8. The fraction of sp³-hybridized carbons (Fsp3) is 0. The van der Waals surface area contributed by atoms with Gasteiger partial charge in [-0.1, -0.05) is 194 Å². The number of para-hydroxylation sites is 6. The van der Waals surface area contributed by atoms with Crippen LogP contribution in [-0.2, 0) is 42.1 Å². The van der Waals surface area contributed by atoms with Crippen LogP contribution in [0.5, 0.6) is 0 Å². The van der Waals surface area contributed by atoms with Crippen LogP contribution in [0.4, 0.5) is 0 Å². The zero-order valence-corrected chi connectivity index (χ0v) is 52.5. The average molecular weight is 1510 g/mol. The van der Waals surface area contributed by atoms with Gasteiger partial charge in [0.25, 0.3) is 0 Å². The van der Waals surface area contributed by atoms with Crippen LogP contribution in [0.15, 0.2) is 291 Å². The topological polar surface area (TPSA) is 89.6 Å². The van der Waals surface area contributed by atoms with Crippen molar-refractivity contribution in [2.75, 3.05) is 0 Å². The second-order valence-electron chi connectivity index (χ2n) is 22.0. The molecule has 0 spiro atoms. The Kier molecular flexibility index (Phi) is 14.6. The molecule has 90 heavy (non-hydrogen) atoms. The van der Waals surface area contributed by atoms with E-state index in [1.165, 1.54) is 10.8 Å². The third kappa shape index (κ3) is 9.73. The molecular weight excluding hydrogens is 1460 g/mol. The van der Waals surface area contributed by atoms with Gasteiger partial charge in [0.05, 0.1) is 22.4 Å². The Morgan fingerprint density at radius 1 is 0.289 bits per heavy atom. The maximum atomic E-state index is 5.27. The van der Waals surface area contributed by atoms with Gasteiger partial charge in [-0.2, -0.15) is 0 Å². The molecular formula is C80H48N8Pt2. The first-order chi connectivity index (χ1) is 43.6. The van der Waals surface area contributed by atoms with Crippen LogP contribution >= 0.6 is 0 Å². The molecule has 0 bridgehead atoms. The second kappa shape index (κ2) is 23.5. The van der Waals surface area contributed by atoms with E-state index in [2.05, 4.69) is 264 Å². The summed E-state index contributed by atoms with van der Waals surface area (Å²) in [4.78, 5) is 30.2. The SMILES string of the molecule is [Pt+2].[Pt+2].[c-]1c(-c2cc(-c3ccccc3)cc(-c3cccc4c3[n-]c3ccccc34)n2)cccc1-n1c2ccccc2c2cccnc21.[c-]1c(-c2cc(-c3ccccc3)cc(-c3cccc4c3[n-]c3ccccc34)n2)cccc1-n1c2ccccc2c2cccnc21. The first kappa shape index (κ1) is 55.9. The summed E-state index contributed by atoms with van der Waals surface area (Å²) in [5.74, 6) is 0. The minimum atomic E-state index is 0. The van der Waals surface area contributed by atoms with Crippen LogP contribution in [0.25, 0.3) is 166 Å². The maximum Gasteiger partial charge on any atom is 2.00 e. The summed E-state index contributed by atoms with van der Waals surface area (Å²) in [6.07, 6.45) is 3.70. The number of rotatable bonds is 8. The normalized spacial score (nSPS) is 11.4. The minimum Gasteiger partial charge on any atom is -0.656 e. The van der Waals surface area contributed by atoms with E-state index < -0.39 is 0 Å². The van der Waals surface area contributed by atoms with Crippen LogP contribution in [0.3, 0.4) is 0 Å². The van der Waals surface area contributed by atoms with Gasteiger partial charge in [0.2, 0.25) is 0 Å². The Bertz CT molecular complexity index is 5270. The summed E-state index contributed by atoms with van der Waals surface area (Å²) in [5, 5.41) is 9.17. The van der Waals surface area contributed by atoms with E-state index in [4.69, 9.17) is 29.9 Å². The molecule has 18 aromatic rings. The molecule has 0 fully saturated rings. The molecule has 10 heteroatoms. The molecule has 0 aliphatic rings. The van der Waals surface area contributed by atoms with Crippen molar-refractivity contribution in [2.45, 2.75) is 0 Å². The Morgan fingerprint density at radius 2 is 0.656 bits per heavy atom. The van der Waals surface area contributed by atoms with Crippen molar-refractivity contribution >= 4 is 87.5 Å². The first-order valence-corrected chi connectivity index (χ1v) is 29.4. The standard InChI is InChI=1S/2C40H24N4.2Pt/c2*1-2-11-26(12-3-1)28-24-36(42-37(25-28)34-18-9-17-32-30-15-4-6-20-35(30)43-39(32)34)27-13-8-14-29(23-27)44-38-21-7-5-16-31(38)33-19-10-22-41-40(33)44;;/h2*1-22,24-25H;;/q2*-2;2*+2. The minimum absolute atomic E-state index is 0. The molecule has 0 saturated carbocycles. The van der Waals surface area contributed by atoms with E-state index in [1.54, 1.807) is 0 Å². The molecule has 0 N–H and O–H groups in total. The van der Waals surface area contributed by atoms with Gasteiger partial charge < -0.3 is 19.1 Å². The van der Waals surface area contributed by atoms with Crippen molar-refractivity contribution < 1.29 is 42.1 Å². The van der Waals surface area contributed by atoms with Gasteiger partial charge in [-0.25, -0.2) is 9.97 Å². The van der Waals surface area contributed by atoms with E-state index in [0.717, 1.165) is 155 Å². The summed E-state index contributed by atoms with van der Waals surface area (Å²) in [6, 6.07) is 104. The van der Waals surface area contributed by atoms with Crippen LogP contribution in [-0.4, -0.2) is 29.1 Å². The summed E-state index contributed by atoms with van der Waals surface area (Å²) < 4.78 is 4.38. The fourth-order valence-electron chi connectivity index (χ4n) is 12.8. The fourth-order valence-corrected chi connectivity index (χ4v) is 12.8. The monoisotopic (exact) mass is 1510 g/mol. The van der Waals surface area contributed by atoms with E-state index in [-0.39, 0.29) is 42.1 Å². The molecule has 428 valence electrons. The van der Waals surface area contributed by atoms with Crippen molar-refractivity contribution in [3.63, 3.8) is 0 Å². The molecule has 0 aliphatic carbocycles. The van der Waals surface area contributed by atoms with Crippen LogP contribution < -0.4 is 9.97 Å². The molecule has 10 aromatic carbocycles. The predicted molar refractivity (Wildman–Crippen MR) is 360 cm³/mol. The molecule has 0 radical (unpaired) electrons. The average Bonchev–Trinajstić information content (AvgIpc) is 1.65. The van der Waals surface area contributed by atoms with Crippen LogP contribution in [0.1, 0.15) is 0 Å². The van der Waals surface area contributed by atoms with E-state index in [9.17, 15) is 0 Å². The summed E-state index contributed by atoms with van der Waals surface area (Å²) in [6.45, 7) is 0. The van der Waals surface area contributed by atoms with E-state index >= 15 is 0 Å². The Morgan fingerprint density at radius 3 is 1.11 bits per heavy atom. The zero-order chi connectivity index (χ0) is 58.1. The molecule has 0 unspecified atom stereocenters. The number of hydrogen-bond acceptors (Lipinski definition) is 4. The molecule has 0 atom stereocenters. The molecule has 8 heterocycles. The molecule has 0 aliphatic heterocycles. The number of benzene rings is 10. The van der Waals surface area contributed by atoms with Gasteiger partial charge in [-0.15, -0.1) is 81.7 Å². The third-order valence-corrected chi connectivity index (χ3v) is 16.8. The van der Waals surface area contributed by atoms with E-state index in [1.807, 2.05) is 48.8 Å². The molecule has 8 nitrogen and oxygen atoms in total. The maximum absolute atomic E-state index is 5.27. The van der Waals surface area contributed by atoms with Gasteiger partial charge in [0, 0.05) is 33.9 Å². The van der Waals surface area contributed by atoms with E-state index in [0.29, 0.717) is 0 Å². The summed E-state index contributed by atoms with van der Waals surface area (Å²) in [7, 11) is 0. The smallest absolute Gasteiger partial charge is 0.656 e. The van der Waals surface area contributed by atoms with Gasteiger partial charge in [0.1, 0.15) is 11.3 Å². The van der Waals surface area contributed by atoms with Crippen molar-refractivity contribution in [3.05, 3.63) is 304 Å². The van der Waals surface area contributed by atoms with Crippen molar-refractivity contribution in [3.8, 4) is 78.7 Å². The number of fused-ring (bicyclic) bond motifs is 12. The Balaban J connectivity index is 0.000000147. The van der Waals surface area contributed by atoms with Crippen LogP contribution in [0, 0.1) is 12.1 Å². The van der Waals surface area contributed by atoms with Crippen molar-refractivity contribution in [2.24, 2.45) is 0 Å². The number of hydrogen-bond donors (Lipinski definition) is 0. The van der Waals surface area contributed by atoms with Gasteiger partial charge in [-0.3, -0.25) is 9.97 Å². The predicted octanol–water partition coefficient (Wildman–Crippen LogP) is 19.3. The molecule has 0 saturated heterocycles. The largest absolute Gasteiger partial charge is 2.00 e. The quantitative estimate of drug-likeness (QED) is 0.141. The number of aromatic nitrogens is 8. The number of nitrogens with zero attached hydrogens (tertiary/aromatic N) is 8. The summed E-state index contributed by atoms with van der Waals surface area (Å²) in [5.41, 5.74) is 21.6. The Labute approximate surface area is 546 Å². The zero-order valence-electron chi connectivity index (χ0n) is 47.9. The second-order valence-corrected chi connectivity index (χ2v) is 22.0. The van der Waals surface area contributed by atoms with Gasteiger partial charge in [0.15, 0.2) is 0 Å². The number of pyridine rings is 4. The molecule has 0 amide bonds. The molecule has 18 rings (SSSR count). The van der Waals surface area contributed by atoms with Crippen molar-refractivity contribution in [1.82, 2.24) is 39.0 Å². The first-order valence-electron chi connectivity index (χ1n) is 29.4. The van der Waals surface area contributed by atoms with Crippen molar-refractivity contribution in [1.29, 1.82) is 0 Å². The van der Waals surface area contributed by atoms with Gasteiger partial charge >= 0.3 is 42.1 Å². The van der Waals surface area contributed by atoms with Crippen LogP contribution in [0.2, 0.25) is 0 Å². The molecule has 8 aromatic heterocycles. The summed E-state index contributed by atoms with van der Waals surface area (Å²) >= 11 is 0. The Hall–Kier alpha value is -10.6.